The maximum atomic E-state index is 13.0. The Hall–Kier alpha value is -2.82. The van der Waals surface area contributed by atoms with Crippen LogP contribution >= 0.6 is 11.8 Å². The standard InChI is InChI=1S/C19H17N3O3S/c1-25-11-10-22-15-7-6-13(21-18(23)8-9-20)12-17(15)26-16-5-3-2-4-14(16)19(22)24/h2-7,12H,8,10-11H2,1H3,(H,21,23). The van der Waals surface area contributed by atoms with Gasteiger partial charge in [-0.15, -0.1) is 0 Å². The fourth-order valence-corrected chi connectivity index (χ4v) is 3.80. The van der Waals surface area contributed by atoms with Crippen molar-refractivity contribution in [1.29, 1.82) is 5.26 Å². The zero-order chi connectivity index (χ0) is 18.5. The number of hydrogen-bond donors (Lipinski definition) is 1. The van der Waals surface area contributed by atoms with E-state index in [1.54, 1.807) is 18.1 Å². The van der Waals surface area contributed by atoms with Crippen LogP contribution in [-0.4, -0.2) is 32.1 Å². The summed E-state index contributed by atoms with van der Waals surface area (Å²) in [4.78, 5) is 28.1. The minimum Gasteiger partial charge on any atom is -0.383 e. The van der Waals surface area contributed by atoms with Crippen molar-refractivity contribution in [3.05, 3.63) is 48.0 Å². The second-order valence-electron chi connectivity index (χ2n) is 5.61. The molecule has 0 bridgehead atoms. The van der Waals surface area contributed by atoms with Crippen LogP contribution in [0, 0.1) is 11.3 Å². The number of nitrogens with one attached hydrogen (secondary N) is 1. The molecule has 1 aliphatic rings. The summed E-state index contributed by atoms with van der Waals surface area (Å²) in [5.41, 5.74) is 2.00. The van der Waals surface area contributed by atoms with Gasteiger partial charge in [0.05, 0.1) is 23.9 Å². The van der Waals surface area contributed by atoms with Gasteiger partial charge in [0.2, 0.25) is 5.91 Å². The molecule has 7 heteroatoms. The van der Waals surface area contributed by atoms with Gasteiger partial charge in [-0.3, -0.25) is 9.59 Å². The number of amides is 2. The van der Waals surface area contributed by atoms with Crippen LogP contribution in [0.2, 0.25) is 0 Å². The predicted octanol–water partition coefficient (Wildman–Crippen LogP) is 3.30. The number of benzene rings is 2. The quantitative estimate of drug-likeness (QED) is 0.877. The minimum absolute atomic E-state index is 0.0785. The molecule has 1 aliphatic heterocycles. The lowest BCUT2D eigenvalue weighted by Crippen LogP contribution is -2.33. The molecule has 0 saturated heterocycles. The van der Waals surface area contributed by atoms with Crippen molar-refractivity contribution in [1.82, 2.24) is 0 Å². The largest absolute Gasteiger partial charge is 0.383 e. The van der Waals surface area contributed by atoms with E-state index in [4.69, 9.17) is 10.00 Å². The summed E-state index contributed by atoms with van der Waals surface area (Å²) >= 11 is 1.48. The van der Waals surface area contributed by atoms with E-state index in [9.17, 15) is 9.59 Å². The van der Waals surface area contributed by atoms with Gasteiger partial charge in [0, 0.05) is 29.1 Å². The lowest BCUT2D eigenvalue weighted by atomic mass is 10.1. The van der Waals surface area contributed by atoms with E-state index in [1.807, 2.05) is 42.5 Å². The third kappa shape index (κ3) is 3.72. The van der Waals surface area contributed by atoms with Gasteiger partial charge in [-0.2, -0.15) is 5.26 Å². The van der Waals surface area contributed by atoms with E-state index >= 15 is 0 Å². The third-order valence-electron chi connectivity index (χ3n) is 3.88. The van der Waals surface area contributed by atoms with Gasteiger partial charge in [0.25, 0.3) is 5.91 Å². The van der Waals surface area contributed by atoms with E-state index in [2.05, 4.69) is 5.32 Å². The van der Waals surface area contributed by atoms with E-state index in [0.29, 0.717) is 24.4 Å². The third-order valence-corrected chi connectivity index (χ3v) is 5.00. The number of rotatable bonds is 5. The van der Waals surface area contributed by atoms with Gasteiger partial charge in [0.15, 0.2) is 0 Å². The second-order valence-corrected chi connectivity index (χ2v) is 6.70. The molecule has 0 aliphatic carbocycles. The van der Waals surface area contributed by atoms with Crippen LogP contribution in [0.4, 0.5) is 11.4 Å². The first-order valence-electron chi connectivity index (χ1n) is 8.02. The minimum atomic E-state index is -0.362. The Kier molecular flexibility index (Phi) is 5.56. The van der Waals surface area contributed by atoms with Crippen LogP contribution < -0.4 is 10.2 Å². The van der Waals surface area contributed by atoms with E-state index in [-0.39, 0.29) is 18.2 Å². The second kappa shape index (κ2) is 8.04. The molecule has 2 amide bonds. The van der Waals surface area contributed by atoms with Crippen LogP contribution in [0.25, 0.3) is 0 Å². The van der Waals surface area contributed by atoms with Gasteiger partial charge in [-0.25, -0.2) is 0 Å². The number of anilines is 2. The number of methoxy groups -OCH3 is 1. The molecule has 2 aromatic carbocycles. The molecule has 0 aromatic heterocycles. The first-order valence-corrected chi connectivity index (χ1v) is 8.84. The Labute approximate surface area is 155 Å². The van der Waals surface area contributed by atoms with Gasteiger partial charge in [-0.1, -0.05) is 23.9 Å². The SMILES string of the molecule is COCCN1C(=O)c2ccccc2Sc2cc(NC(=O)CC#N)ccc21. The Morgan fingerprint density at radius 2 is 2.08 bits per heavy atom. The summed E-state index contributed by atoms with van der Waals surface area (Å²) in [5.74, 6) is -0.441. The predicted molar refractivity (Wildman–Crippen MR) is 99.4 cm³/mol. The zero-order valence-electron chi connectivity index (χ0n) is 14.2. The van der Waals surface area contributed by atoms with Gasteiger partial charge in [0.1, 0.15) is 6.42 Å². The number of ether oxygens (including phenoxy) is 1. The van der Waals surface area contributed by atoms with Crippen LogP contribution in [0.15, 0.2) is 52.3 Å². The first-order chi connectivity index (χ1) is 12.6. The molecule has 0 radical (unpaired) electrons. The van der Waals surface area contributed by atoms with Crippen LogP contribution in [0.5, 0.6) is 0 Å². The topological polar surface area (TPSA) is 82.4 Å². The lowest BCUT2D eigenvalue weighted by molar-refractivity contribution is -0.115. The van der Waals surface area contributed by atoms with Crippen LogP contribution in [-0.2, 0) is 9.53 Å². The van der Waals surface area contributed by atoms with Crippen LogP contribution in [0.3, 0.4) is 0 Å². The number of nitrogens with zero attached hydrogens (tertiary/aromatic N) is 2. The lowest BCUT2D eigenvalue weighted by Gasteiger charge is -2.23. The number of carbonyl (C=O) groups excluding carboxylic acids is 2. The summed E-state index contributed by atoms with van der Waals surface area (Å²) in [6.07, 6.45) is -0.203. The summed E-state index contributed by atoms with van der Waals surface area (Å²) in [5, 5.41) is 11.3. The normalized spacial score (nSPS) is 12.6. The summed E-state index contributed by atoms with van der Waals surface area (Å²) in [6.45, 7) is 0.843. The Morgan fingerprint density at radius 3 is 2.85 bits per heavy atom. The molecule has 132 valence electrons. The first kappa shape index (κ1) is 18.0. The highest BCUT2D eigenvalue weighted by Crippen LogP contribution is 2.42. The molecule has 6 nitrogen and oxygen atoms in total. The highest BCUT2D eigenvalue weighted by atomic mass is 32.2. The molecule has 0 unspecified atom stereocenters. The molecule has 26 heavy (non-hydrogen) atoms. The molecule has 1 N–H and O–H groups in total. The number of carbonyl (C=O) groups is 2. The van der Waals surface area contributed by atoms with E-state index in [1.165, 1.54) is 11.8 Å². The van der Waals surface area contributed by atoms with Crippen molar-refractivity contribution >= 4 is 35.0 Å². The Bertz CT molecular complexity index is 892. The Morgan fingerprint density at radius 1 is 1.27 bits per heavy atom. The number of fused-ring (bicyclic) bond motifs is 2. The zero-order valence-corrected chi connectivity index (χ0v) is 15.0. The summed E-state index contributed by atoms with van der Waals surface area (Å²) < 4.78 is 5.15. The highest BCUT2D eigenvalue weighted by Gasteiger charge is 2.27. The molecule has 2 aromatic rings. The van der Waals surface area contributed by atoms with Crippen molar-refractivity contribution < 1.29 is 14.3 Å². The summed E-state index contributed by atoms with van der Waals surface area (Å²) in [7, 11) is 1.60. The molecular weight excluding hydrogens is 350 g/mol. The van der Waals surface area contributed by atoms with Gasteiger partial charge >= 0.3 is 0 Å². The van der Waals surface area contributed by atoms with Crippen molar-refractivity contribution in [2.24, 2.45) is 0 Å². The fraction of sp³-hybridized carbons (Fsp3) is 0.211. The summed E-state index contributed by atoms with van der Waals surface area (Å²) in [6, 6.07) is 14.6. The molecule has 3 rings (SSSR count). The average molecular weight is 367 g/mol. The van der Waals surface area contributed by atoms with Crippen molar-refractivity contribution in [2.45, 2.75) is 16.2 Å². The maximum absolute atomic E-state index is 13.0. The van der Waals surface area contributed by atoms with Crippen LogP contribution in [0.1, 0.15) is 16.8 Å². The molecule has 0 saturated carbocycles. The van der Waals surface area contributed by atoms with Crippen molar-refractivity contribution in [2.75, 3.05) is 30.5 Å². The maximum Gasteiger partial charge on any atom is 0.259 e. The monoisotopic (exact) mass is 367 g/mol. The molecule has 0 atom stereocenters. The smallest absolute Gasteiger partial charge is 0.259 e. The van der Waals surface area contributed by atoms with Crippen molar-refractivity contribution in [3.63, 3.8) is 0 Å². The van der Waals surface area contributed by atoms with E-state index in [0.717, 1.165) is 15.5 Å². The Balaban J connectivity index is 2.02. The van der Waals surface area contributed by atoms with Gasteiger partial charge in [-0.05, 0) is 30.3 Å². The molecule has 0 fully saturated rings. The van der Waals surface area contributed by atoms with Gasteiger partial charge < -0.3 is 15.0 Å². The highest BCUT2D eigenvalue weighted by molar-refractivity contribution is 7.99. The molecule has 1 heterocycles. The average Bonchev–Trinajstić information content (AvgIpc) is 2.74. The molecule has 0 spiro atoms. The number of hydrogen-bond acceptors (Lipinski definition) is 5. The molecular formula is C19H17N3O3S. The number of nitriles is 1. The van der Waals surface area contributed by atoms with E-state index < -0.39 is 0 Å². The fourth-order valence-electron chi connectivity index (χ4n) is 2.68. The van der Waals surface area contributed by atoms with Crippen molar-refractivity contribution in [3.8, 4) is 6.07 Å².